The Kier molecular flexibility index (Phi) is 3.63. The van der Waals surface area contributed by atoms with Gasteiger partial charge in [0, 0.05) is 19.6 Å². The van der Waals surface area contributed by atoms with Crippen molar-refractivity contribution < 1.29 is 9.52 Å². The molecule has 0 atom stereocenters. The van der Waals surface area contributed by atoms with E-state index < -0.39 is 0 Å². The molecule has 5 heteroatoms. The summed E-state index contributed by atoms with van der Waals surface area (Å²) < 4.78 is 6.90. The molecule has 20 heavy (non-hydrogen) atoms. The first-order valence-corrected chi connectivity index (χ1v) is 7.08. The molecule has 1 aromatic carbocycles. The molecule has 1 heterocycles. The van der Waals surface area contributed by atoms with Gasteiger partial charge in [0.25, 0.3) is 0 Å². The molecule has 0 radical (unpaired) electrons. The summed E-state index contributed by atoms with van der Waals surface area (Å²) in [4.78, 5) is 14.0. The number of aliphatic hydroxyl groups is 1. The second kappa shape index (κ2) is 5.42. The number of oxazole rings is 1. The number of para-hydroxylation sites is 2. The lowest BCUT2D eigenvalue weighted by Crippen LogP contribution is -2.38. The lowest BCUT2D eigenvalue weighted by Gasteiger charge is -2.34. The van der Waals surface area contributed by atoms with Crippen LogP contribution in [0.25, 0.3) is 11.1 Å². The van der Waals surface area contributed by atoms with Gasteiger partial charge in [-0.25, -0.2) is 4.79 Å². The molecule has 1 aliphatic carbocycles. The fourth-order valence-corrected chi connectivity index (χ4v) is 2.88. The van der Waals surface area contributed by atoms with Crippen LogP contribution in [0.2, 0.25) is 0 Å². The third-order valence-corrected chi connectivity index (χ3v) is 4.06. The van der Waals surface area contributed by atoms with Gasteiger partial charge in [-0.3, -0.25) is 4.57 Å². The zero-order chi connectivity index (χ0) is 14.1. The average molecular weight is 276 g/mol. The first-order chi connectivity index (χ1) is 9.63. The highest BCUT2D eigenvalue weighted by atomic mass is 16.4. The Morgan fingerprint density at radius 1 is 1.40 bits per heavy atom. The van der Waals surface area contributed by atoms with Crippen LogP contribution in [-0.4, -0.2) is 40.8 Å². The molecule has 0 amide bonds. The Labute approximate surface area is 117 Å². The molecule has 0 spiro atoms. The average Bonchev–Trinajstić information content (AvgIpc) is 2.70. The molecular formula is C15H20N2O3. The second-order valence-electron chi connectivity index (χ2n) is 5.74. The Morgan fingerprint density at radius 2 is 2.15 bits per heavy atom. The van der Waals surface area contributed by atoms with E-state index in [1.165, 1.54) is 0 Å². The van der Waals surface area contributed by atoms with E-state index >= 15 is 0 Å². The summed E-state index contributed by atoms with van der Waals surface area (Å²) in [5.74, 6) is 0.298. The van der Waals surface area contributed by atoms with Crippen molar-refractivity contribution in [3.05, 3.63) is 34.8 Å². The van der Waals surface area contributed by atoms with Crippen molar-refractivity contribution in [1.82, 2.24) is 9.47 Å². The van der Waals surface area contributed by atoms with Crippen molar-refractivity contribution in [3.8, 4) is 0 Å². The third-order valence-electron chi connectivity index (χ3n) is 4.06. The van der Waals surface area contributed by atoms with Gasteiger partial charge in [0.1, 0.15) is 0 Å². The summed E-state index contributed by atoms with van der Waals surface area (Å²) in [6.45, 7) is 2.40. The molecular weight excluding hydrogens is 256 g/mol. The topological polar surface area (TPSA) is 58.6 Å². The highest BCUT2D eigenvalue weighted by molar-refractivity contribution is 5.72. The first kappa shape index (κ1) is 13.4. The highest BCUT2D eigenvalue weighted by Crippen LogP contribution is 2.27. The molecule has 1 fully saturated rings. The van der Waals surface area contributed by atoms with Crippen LogP contribution in [0.15, 0.2) is 33.5 Å². The number of benzene rings is 1. The van der Waals surface area contributed by atoms with Crippen molar-refractivity contribution in [3.63, 3.8) is 0 Å². The van der Waals surface area contributed by atoms with E-state index in [1.54, 1.807) is 4.57 Å². The summed E-state index contributed by atoms with van der Waals surface area (Å²) in [7, 11) is 2.05. The van der Waals surface area contributed by atoms with E-state index in [0.717, 1.165) is 31.4 Å². The van der Waals surface area contributed by atoms with Gasteiger partial charge in [0.15, 0.2) is 5.58 Å². The van der Waals surface area contributed by atoms with Gasteiger partial charge < -0.3 is 14.4 Å². The highest BCUT2D eigenvalue weighted by Gasteiger charge is 2.27. The van der Waals surface area contributed by atoms with Gasteiger partial charge in [-0.05, 0) is 37.9 Å². The third kappa shape index (κ3) is 2.64. The van der Waals surface area contributed by atoms with Crippen LogP contribution < -0.4 is 5.76 Å². The van der Waals surface area contributed by atoms with Crippen LogP contribution in [0.4, 0.5) is 0 Å². The minimum absolute atomic E-state index is 0.103. The minimum atomic E-state index is -0.293. The molecule has 0 bridgehead atoms. The molecule has 1 aliphatic rings. The standard InChI is InChI=1S/C15H20N2O3/c1-16(10-11-8-12(18)9-11)6-7-17-13-4-2-3-5-14(13)20-15(17)19/h2-5,11-12,18H,6-10H2,1H3. The molecule has 0 saturated heterocycles. The number of nitrogens with zero attached hydrogens (tertiary/aromatic N) is 2. The van der Waals surface area contributed by atoms with Gasteiger partial charge in [-0.2, -0.15) is 0 Å². The van der Waals surface area contributed by atoms with Gasteiger partial charge in [-0.15, -0.1) is 0 Å². The zero-order valence-corrected chi connectivity index (χ0v) is 11.7. The van der Waals surface area contributed by atoms with Gasteiger partial charge in [0.05, 0.1) is 11.6 Å². The fourth-order valence-electron chi connectivity index (χ4n) is 2.88. The van der Waals surface area contributed by atoms with E-state index in [4.69, 9.17) is 4.42 Å². The van der Waals surface area contributed by atoms with E-state index in [-0.39, 0.29) is 11.9 Å². The predicted molar refractivity (Wildman–Crippen MR) is 76.7 cm³/mol. The maximum absolute atomic E-state index is 11.8. The molecule has 0 unspecified atom stereocenters. The maximum Gasteiger partial charge on any atom is 0.419 e. The normalized spacial score (nSPS) is 22.4. The largest absolute Gasteiger partial charge is 0.419 e. The van der Waals surface area contributed by atoms with Gasteiger partial charge >= 0.3 is 5.76 Å². The van der Waals surface area contributed by atoms with E-state index in [9.17, 15) is 9.90 Å². The molecule has 3 rings (SSSR count). The van der Waals surface area contributed by atoms with E-state index in [1.807, 2.05) is 24.3 Å². The van der Waals surface area contributed by atoms with Crippen LogP contribution in [0.5, 0.6) is 0 Å². The number of likely N-dealkylation sites (N-methyl/N-ethyl adjacent to an activating group) is 1. The van der Waals surface area contributed by atoms with Crippen molar-refractivity contribution >= 4 is 11.1 Å². The Bertz CT molecular complexity index is 640. The summed E-state index contributed by atoms with van der Waals surface area (Å²) >= 11 is 0. The molecule has 1 saturated carbocycles. The molecule has 0 aliphatic heterocycles. The van der Waals surface area contributed by atoms with Crippen LogP contribution in [0, 0.1) is 5.92 Å². The molecule has 108 valence electrons. The summed E-state index contributed by atoms with van der Waals surface area (Å²) in [6.07, 6.45) is 1.70. The molecule has 5 nitrogen and oxygen atoms in total. The quantitative estimate of drug-likeness (QED) is 0.894. The predicted octanol–water partition coefficient (Wildman–Crippen LogP) is 1.30. The monoisotopic (exact) mass is 276 g/mol. The van der Waals surface area contributed by atoms with Gasteiger partial charge in [0.2, 0.25) is 0 Å². The number of rotatable bonds is 5. The first-order valence-electron chi connectivity index (χ1n) is 7.08. The van der Waals surface area contributed by atoms with E-state index in [0.29, 0.717) is 18.0 Å². The Balaban J connectivity index is 1.62. The van der Waals surface area contributed by atoms with Crippen molar-refractivity contribution in [2.45, 2.75) is 25.5 Å². The Morgan fingerprint density at radius 3 is 2.90 bits per heavy atom. The van der Waals surface area contributed by atoms with Crippen molar-refractivity contribution in [1.29, 1.82) is 0 Å². The van der Waals surface area contributed by atoms with Gasteiger partial charge in [-0.1, -0.05) is 12.1 Å². The molecule has 1 aromatic heterocycles. The lowest BCUT2D eigenvalue weighted by atomic mass is 9.82. The summed E-state index contributed by atoms with van der Waals surface area (Å²) in [5, 5.41) is 9.29. The minimum Gasteiger partial charge on any atom is -0.408 e. The maximum atomic E-state index is 11.8. The van der Waals surface area contributed by atoms with Crippen LogP contribution in [0.1, 0.15) is 12.8 Å². The SMILES string of the molecule is CN(CCn1c(=O)oc2ccccc21)CC1CC(O)C1. The molecule has 1 N–H and O–H groups in total. The number of aromatic nitrogens is 1. The molecule has 2 aromatic rings. The summed E-state index contributed by atoms with van der Waals surface area (Å²) in [6, 6.07) is 7.49. The fraction of sp³-hybridized carbons (Fsp3) is 0.533. The smallest absolute Gasteiger partial charge is 0.408 e. The zero-order valence-electron chi connectivity index (χ0n) is 11.7. The van der Waals surface area contributed by atoms with Crippen LogP contribution in [0.3, 0.4) is 0 Å². The van der Waals surface area contributed by atoms with E-state index in [2.05, 4.69) is 11.9 Å². The van der Waals surface area contributed by atoms with Crippen LogP contribution >= 0.6 is 0 Å². The summed E-state index contributed by atoms with van der Waals surface area (Å²) in [5.41, 5.74) is 1.49. The van der Waals surface area contributed by atoms with Crippen molar-refractivity contribution in [2.75, 3.05) is 20.1 Å². The lowest BCUT2D eigenvalue weighted by molar-refractivity contribution is 0.0280. The number of hydrogen-bond donors (Lipinski definition) is 1. The second-order valence-corrected chi connectivity index (χ2v) is 5.74. The number of fused-ring (bicyclic) bond motifs is 1. The Hall–Kier alpha value is -1.59. The number of aliphatic hydroxyl groups excluding tert-OH is 1. The van der Waals surface area contributed by atoms with Crippen molar-refractivity contribution in [2.24, 2.45) is 5.92 Å². The number of hydrogen-bond acceptors (Lipinski definition) is 4. The van der Waals surface area contributed by atoms with Crippen LogP contribution in [-0.2, 0) is 6.54 Å².